The number of carbonyl (C=O) groups excluding carboxylic acids is 3. The van der Waals surface area contributed by atoms with E-state index in [1.54, 1.807) is 23.2 Å². The lowest BCUT2D eigenvalue weighted by Crippen LogP contribution is -2.54. The number of phenols is 1. The zero-order valence-corrected chi connectivity index (χ0v) is 39.7. The molecule has 366 valence electrons. The molecule has 3 N–H and O–H groups in total. The number of aromatic nitrogens is 3. The molecule has 5 saturated heterocycles. The normalized spacial score (nSPS) is 24.4. The summed E-state index contributed by atoms with van der Waals surface area (Å²) >= 11 is 0. The number of imide groups is 1. The molecule has 15 nitrogen and oxygen atoms in total. The molecule has 2 aromatic heterocycles. The van der Waals surface area contributed by atoms with E-state index in [9.17, 15) is 19.5 Å². The highest BCUT2D eigenvalue weighted by molar-refractivity contribution is 6.06. The molecule has 2 bridgehead atoms. The number of likely N-dealkylation sites (tertiary alicyclic amines) is 1. The third-order valence-corrected chi connectivity index (χ3v) is 16.4. The fourth-order valence-corrected chi connectivity index (χ4v) is 12.3. The number of hydrogen-bond donors (Lipinski definition) is 3. The maximum Gasteiger partial charge on any atom is 0.319 e. The van der Waals surface area contributed by atoms with Gasteiger partial charge in [-0.25, -0.2) is 8.78 Å². The Bertz CT molecular complexity index is 2910. The lowest BCUT2D eigenvalue weighted by Gasteiger charge is -2.43. The van der Waals surface area contributed by atoms with Crippen molar-refractivity contribution in [3.63, 3.8) is 0 Å². The van der Waals surface area contributed by atoms with Gasteiger partial charge in [-0.05, 0) is 104 Å². The number of fused-ring (bicyclic) bond motifs is 5. The molecule has 1 saturated carbocycles. The number of aromatic hydroxyl groups is 1. The highest BCUT2D eigenvalue weighted by Crippen LogP contribution is 2.48. The summed E-state index contributed by atoms with van der Waals surface area (Å²) in [5.74, 6) is -0.820. The Hall–Kier alpha value is -6.04. The minimum atomic E-state index is -1.28. The number of nitrogens with zero attached hydrogens (tertiary/aromatic N) is 8. The fraction of sp³-hybridized carbons (Fsp3) is 0.509. The zero-order chi connectivity index (χ0) is 47.9. The fourth-order valence-electron chi connectivity index (χ4n) is 12.3. The highest BCUT2D eigenvalue weighted by atomic mass is 19.1. The van der Waals surface area contributed by atoms with Gasteiger partial charge in [0, 0.05) is 119 Å². The van der Waals surface area contributed by atoms with E-state index >= 15 is 8.78 Å². The average Bonchev–Trinajstić information content (AvgIpc) is 3.94. The number of anilines is 2. The first-order valence-corrected chi connectivity index (χ1v) is 25.3. The van der Waals surface area contributed by atoms with Crippen molar-refractivity contribution in [3.05, 3.63) is 77.2 Å². The second-order valence-corrected chi connectivity index (χ2v) is 21.1. The molecule has 3 atom stereocenters. The van der Waals surface area contributed by atoms with Crippen molar-refractivity contribution in [2.75, 3.05) is 81.9 Å². The van der Waals surface area contributed by atoms with E-state index < -0.39 is 23.4 Å². The number of ether oxygens (including phenoxy) is 1. The standard InChI is InChI=1S/C53H60F2N10O5/c1-2-32-4-3-5-33-23-38(66)24-40(44(32)33)46-45(54)47-41(25-56-46)48(64-27-35-6-7-36(28-64)57-35)60-51(59-47)70-31-52(12-13-52)29-61-16-14-53(55,15-17-61)30-62-18-20-63(21-19-62)37-8-9-39-34(22-37)26-65(50(39)69)42-10-11-43(67)58-49(42)68/h3-5,8-9,22-25,35-36,42,57,66H,2,6-7,10-21,26-31H2,1H3,(H,58,67,68)/t35?,36?,42-/m0/s1. The molecule has 8 heterocycles. The smallest absolute Gasteiger partial charge is 0.319 e. The van der Waals surface area contributed by atoms with Crippen LogP contribution in [0.5, 0.6) is 11.8 Å². The van der Waals surface area contributed by atoms with Crippen LogP contribution in [0.2, 0.25) is 0 Å². The van der Waals surface area contributed by atoms with E-state index in [1.807, 2.05) is 36.4 Å². The van der Waals surface area contributed by atoms with Crippen LogP contribution in [0.15, 0.2) is 54.7 Å². The molecule has 7 aliphatic rings. The van der Waals surface area contributed by atoms with E-state index in [1.165, 1.54) is 0 Å². The third kappa shape index (κ3) is 8.46. The van der Waals surface area contributed by atoms with Crippen LogP contribution in [0.25, 0.3) is 32.9 Å². The molecule has 3 aromatic carbocycles. The molecule has 6 fully saturated rings. The number of phenolic OH excluding ortho intramolecular Hbond substituents is 1. The van der Waals surface area contributed by atoms with Crippen LogP contribution in [-0.4, -0.2) is 148 Å². The zero-order valence-electron chi connectivity index (χ0n) is 39.7. The predicted octanol–water partition coefficient (Wildman–Crippen LogP) is 5.74. The number of piperazine rings is 2. The number of halogens is 2. The highest BCUT2D eigenvalue weighted by Gasteiger charge is 2.47. The molecule has 17 heteroatoms. The van der Waals surface area contributed by atoms with Crippen molar-refractivity contribution in [1.29, 1.82) is 0 Å². The molecule has 3 amide bonds. The number of rotatable bonds is 12. The maximum absolute atomic E-state index is 17.2. The van der Waals surface area contributed by atoms with Gasteiger partial charge in [-0.3, -0.25) is 29.6 Å². The van der Waals surface area contributed by atoms with E-state index in [4.69, 9.17) is 19.7 Å². The van der Waals surface area contributed by atoms with Gasteiger partial charge in [0.1, 0.15) is 34.5 Å². The van der Waals surface area contributed by atoms with E-state index in [0.29, 0.717) is 86.5 Å². The summed E-state index contributed by atoms with van der Waals surface area (Å²) in [6, 6.07) is 15.2. The third-order valence-electron chi connectivity index (χ3n) is 16.4. The monoisotopic (exact) mass is 954 g/mol. The van der Waals surface area contributed by atoms with Gasteiger partial charge in [0.25, 0.3) is 5.91 Å². The van der Waals surface area contributed by atoms with E-state index in [-0.39, 0.29) is 46.6 Å². The number of nitrogens with one attached hydrogen (secondary N) is 2. The lowest BCUT2D eigenvalue weighted by atomic mass is 9.91. The maximum atomic E-state index is 17.2. The Morgan fingerprint density at radius 3 is 2.37 bits per heavy atom. The minimum Gasteiger partial charge on any atom is -0.508 e. The van der Waals surface area contributed by atoms with Gasteiger partial charge >= 0.3 is 6.01 Å². The Morgan fingerprint density at radius 1 is 0.857 bits per heavy atom. The molecule has 0 spiro atoms. The van der Waals surface area contributed by atoms with Gasteiger partial charge in [0.15, 0.2) is 5.82 Å². The van der Waals surface area contributed by atoms with Crippen molar-refractivity contribution in [2.45, 2.75) is 95.1 Å². The van der Waals surface area contributed by atoms with Gasteiger partial charge in [0.2, 0.25) is 11.8 Å². The molecule has 2 unspecified atom stereocenters. The van der Waals surface area contributed by atoms with Crippen LogP contribution < -0.4 is 25.2 Å². The van der Waals surface area contributed by atoms with Crippen molar-refractivity contribution < 1.29 is 33.0 Å². The lowest BCUT2D eigenvalue weighted by molar-refractivity contribution is -0.136. The summed E-state index contributed by atoms with van der Waals surface area (Å²) < 4.78 is 40.3. The number of pyridine rings is 1. The summed E-state index contributed by atoms with van der Waals surface area (Å²) in [4.78, 5) is 62.6. The summed E-state index contributed by atoms with van der Waals surface area (Å²) in [7, 11) is 0. The van der Waals surface area contributed by atoms with Crippen molar-refractivity contribution in [1.82, 2.24) is 40.3 Å². The average molecular weight is 955 g/mol. The largest absolute Gasteiger partial charge is 0.508 e. The second kappa shape index (κ2) is 17.7. The molecule has 1 aliphatic carbocycles. The topological polar surface area (TPSA) is 160 Å². The van der Waals surface area contributed by atoms with E-state index in [2.05, 4.69) is 37.2 Å². The number of amides is 3. The van der Waals surface area contributed by atoms with Crippen LogP contribution in [0, 0.1) is 11.2 Å². The van der Waals surface area contributed by atoms with Gasteiger partial charge in [0.05, 0.1) is 12.0 Å². The van der Waals surface area contributed by atoms with Crippen LogP contribution in [-0.2, 0) is 22.6 Å². The van der Waals surface area contributed by atoms with Crippen LogP contribution in [0.3, 0.4) is 0 Å². The molecule has 12 rings (SSSR count). The molecule has 6 aliphatic heterocycles. The van der Waals surface area contributed by atoms with Crippen molar-refractivity contribution in [2.24, 2.45) is 5.41 Å². The first-order valence-electron chi connectivity index (χ1n) is 25.3. The van der Waals surface area contributed by atoms with Crippen LogP contribution in [0.4, 0.5) is 20.3 Å². The molecular weight excluding hydrogens is 895 g/mol. The van der Waals surface area contributed by atoms with Crippen LogP contribution in [0.1, 0.15) is 79.8 Å². The Morgan fingerprint density at radius 2 is 1.63 bits per heavy atom. The van der Waals surface area contributed by atoms with Crippen molar-refractivity contribution in [3.8, 4) is 23.0 Å². The molecule has 70 heavy (non-hydrogen) atoms. The summed E-state index contributed by atoms with van der Waals surface area (Å²) in [5, 5.41) is 19.0. The number of carbonyl (C=O) groups is 3. The van der Waals surface area contributed by atoms with Gasteiger partial charge in [-0.1, -0.05) is 25.1 Å². The SMILES string of the molecule is CCc1cccc2cc(O)cc(-c3ncc4c(N5CC6CCC(C5)N6)nc(OCC5(CN6CCC(F)(CN7CCN(c8ccc9c(c8)CN([C@H]8CCC(=O)NC8=O)C9=O)CC7)CC6)CC5)nc4c3F)c12. The molecule has 5 aromatic rings. The van der Waals surface area contributed by atoms with Gasteiger partial charge in [-0.15, -0.1) is 0 Å². The number of piperidine rings is 2. The molecular formula is C53H60F2N10O5. The number of aryl methyl sites for hydroxylation is 1. The second-order valence-electron chi connectivity index (χ2n) is 21.1. The van der Waals surface area contributed by atoms with Crippen LogP contribution >= 0.6 is 0 Å². The summed E-state index contributed by atoms with van der Waals surface area (Å²) in [6.45, 7) is 9.70. The summed E-state index contributed by atoms with van der Waals surface area (Å²) in [5.41, 5.74) is 2.91. The number of benzene rings is 3. The molecule has 0 radical (unpaired) electrons. The first-order chi connectivity index (χ1) is 33.9. The number of alkyl halides is 1. The van der Waals surface area contributed by atoms with E-state index in [0.717, 1.165) is 106 Å². The Balaban J connectivity index is 0.687. The quantitative estimate of drug-likeness (QED) is 0.130. The van der Waals surface area contributed by atoms with Gasteiger partial charge < -0.3 is 34.8 Å². The van der Waals surface area contributed by atoms with Gasteiger partial charge in [-0.2, -0.15) is 9.97 Å². The van der Waals surface area contributed by atoms with Crippen molar-refractivity contribution >= 4 is 50.9 Å². The predicted molar refractivity (Wildman–Crippen MR) is 261 cm³/mol. The minimum absolute atomic E-state index is 0.0362. The number of hydrogen-bond acceptors (Lipinski definition) is 13. The Labute approximate surface area is 405 Å². The summed E-state index contributed by atoms with van der Waals surface area (Å²) in [6.07, 6.45) is 7.98. The first kappa shape index (κ1) is 45.1. The Kier molecular flexibility index (Phi) is 11.4.